The molecule has 5 nitrogen and oxygen atoms in total. The molecule has 176 valence electrons. The number of piperidine rings is 1. The molecule has 0 N–H and O–H groups in total. The molecule has 0 atom stereocenters. The molecular formula is C29H33N3O2. The van der Waals surface area contributed by atoms with Gasteiger partial charge in [-0.25, -0.2) is 4.85 Å². The molecule has 1 aliphatic rings. The Morgan fingerprint density at radius 3 is 2.41 bits per heavy atom. The van der Waals surface area contributed by atoms with Gasteiger partial charge in [0, 0.05) is 35.2 Å². The number of benzene rings is 2. The fraction of sp³-hybridized carbons (Fsp3) is 0.414. The molecule has 1 saturated heterocycles. The lowest BCUT2D eigenvalue weighted by Crippen LogP contribution is -2.34. The molecule has 1 fully saturated rings. The van der Waals surface area contributed by atoms with E-state index in [0.717, 1.165) is 65.8 Å². The minimum atomic E-state index is 0.159. The third-order valence-electron chi connectivity index (χ3n) is 6.82. The highest BCUT2D eigenvalue weighted by atomic mass is 16.1. The number of carbonyl (C=O) groups is 2. The standard InChI is InChI=1S/C29H33N3O2/c1-4-8-25(33)15-9-22-10-16-26-27(19-22)32(24-13-11-23(30-3)12-14-24)21(2)29(26)28(34)20-31-17-6-5-7-18-31/h10-14,16,19H,4-9,15,17-18,20H2,1-2H3. The third kappa shape index (κ3) is 5.13. The molecule has 5 heteroatoms. The molecule has 0 amide bonds. The third-order valence-corrected chi connectivity index (χ3v) is 6.82. The summed E-state index contributed by atoms with van der Waals surface area (Å²) in [4.78, 5) is 31.4. The van der Waals surface area contributed by atoms with Crippen LogP contribution in [0.4, 0.5) is 5.69 Å². The summed E-state index contributed by atoms with van der Waals surface area (Å²) in [6.07, 6.45) is 6.30. The molecule has 0 saturated carbocycles. The molecule has 2 heterocycles. The number of hydrogen-bond acceptors (Lipinski definition) is 3. The number of ketones is 2. The van der Waals surface area contributed by atoms with Crippen molar-refractivity contribution in [3.05, 3.63) is 70.7 Å². The molecule has 0 unspecified atom stereocenters. The van der Waals surface area contributed by atoms with Crippen LogP contribution in [-0.4, -0.2) is 40.7 Å². The lowest BCUT2D eigenvalue weighted by molar-refractivity contribution is -0.119. The molecular weight excluding hydrogens is 422 g/mol. The fourth-order valence-corrected chi connectivity index (χ4v) is 5.06. The van der Waals surface area contributed by atoms with Gasteiger partial charge in [-0.3, -0.25) is 14.5 Å². The predicted molar refractivity (Wildman–Crippen MR) is 137 cm³/mol. The second-order valence-corrected chi connectivity index (χ2v) is 9.32. The summed E-state index contributed by atoms with van der Waals surface area (Å²) < 4.78 is 2.13. The number of likely N-dealkylation sites (tertiary alicyclic amines) is 1. The topological polar surface area (TPSA) is 46.7 Å². The number of hydrogen-bond donors (Lipinski definition) is 0. The van der Waals surface area contributed by atoms with Crippen molar-refractivity contribution in [2.45, 2.75) is 58.8 Å². The maximum Gasteiger partial charge on any atom is 0.187 e. The SMILES string of the molecule is [C-]#[N+]c1ccc(-n2c(C)c(C(=O)CN3CCCCC3)c3ccc(CCC(=O)CCC)cc32)cc1. The van der Waals surface area contributed by atoms with E-state index in [1.807, 2.05) is 38.1 Å². The van der Waals surface area contributed by atoms with Gasteiger partial charge in [0.2, 0.25) is 0 Å². The van der Waals surface area contributed by atoms with Crippen molar-refractivity contribution < 1.29 is 9.59 Å². The van der Waals surface area contributed by atoms with Crippen molar-refractivity contribution in [2.75, 3.05) is 19.6 Å². The predicted octanol–water partition coefficient (Wildman–Crippen LogP) is 6.46. The monoisotopic (exact) mass is 455 g/mol. The average Bonchev–Trinajstić information content (AvgIpc) is 3.14. The second kappa shape index (κ2) is 10.8. The molecule has 1 aliphatic heterocycles. The summed E-state index contributed by atoms with van der Waals surface area (Å²) in [7, 11) is 0. The van der Waals surface area contributed by atoms with Crippen LogP contribution in [-0.2, 0) is 11.2 Å². The number of aryl methyl sites for hydroxylation is 1. The molecule has 0 radical (unpaired) electrons. The molecule has 4 rings (SSSR count). The van der Waals surface area contributed by atoms with Gasteiger partial charge in [-0.15, -0.1) is 0 Å². The van der Waals surface area contributed by atoms with Crippen LogP contribution in [0.15, 0.2) is 42.5 Å². The van der Waals surface area contributed by atoms with Crippen LogP contribution >= 0.6 is 0 Å². The first-order valence-electron chi connectivity index (χ1n) is 12.4. The Bertz CT molecular complexity index is 1220. The number of fused-ring (bicyclic) bond motifs is 1. The second-order valence-electron chi connectivity index (χ2n) is 9.32. The molecule has 1 aromatic heterocycles. The average molecular weight is 456 g/mol. The zero-order valence-electron chi connectivity index (χ0n) is 20.3. The Labute approximate surface area is 202 Å². The van der Waals surface area contributed by atoms with Gasteiger partial charge < -0.3 is 4.57 Å². The van der Waals surface area contributed by atoms with E-state index >= 15 is 0 Å². The summed E-state index contributed by atoms with van der Waals surface area (Å²) in [5, 5.41) is 0.956. The van der Waals surface area contributed by atoms with Crippen molar-refractivity contribution in [1.29, 1.82) is 0 Å². The van der Waals surface area contributed by atoms with E-state index in [4.69, 9.17) is 6.57 Å². The number of Topliss-reactive ketones (excluding diaryl/α,β-unsaturated/α-hetero) is 2. The highest BCUT2D eigenvalue weighted by Crippen LogP contribution is 2.32. The van der Waals surface area contributed by atoms with E-state index in [-0.39, 0.29) is 5.78 Å². The summed E-state index contributed by atoms with van der Waals surface area (Å²) in [6, 6.07) is 13.8. The van der Waals surface area contributed by atoms with Crippen LogP contribution in [0.3, 0.4) is 0 Å². The van der Waals surface area contributed by atoms with E-state index in [9.17, 15) is 9.59 Å². The van der Waals surface area contributed by atoms with Gasteiger partial charge in [-0.05, 0) is 69.5 Å². The minimum Gasteiger partial charge on any atom is -0.313 e. The quantitative estimate of drug-likeness (QED) is 0.275. The maximum atomic E-state index is 13.5. The number of rotatable bonds is 9. The fourth-order valence-electron chi connectivity index (χ4n) is 5.06. The highest BCUT2D eigenvalue weighted by Gasteiger charge is 2.23. The first-order chi connectivity index (χ1) is 16.5. The van der Waals surface area contributed by atoms with E-state index in [1.165, 1.54) is 6.42 Å². The van der Waals surface area contributed by atoms with E-state index < -0.39 is 0 Å². The highest BCUT2D eigenvalue weighted by molar-refractivity contribution is 6.11. The summed E-state index contributed by atoms with van der Waals surface area (Å²) in [5.41, 5.74) is 5.31. The Hall–Kier alpha value is -3.23. The number of carbonyl (C=O) groups excluding carboxylic acids is 2. The van der Waals surface area contributed by atoms with Gasteiger partial charge >= 0.3 is 0 Å². The maximum absolute atomic E-state index is 13.5. The summed E-state index contributed by atoms with van der Waals surface area (Å²) in [5.74, 6) is 0.452. The van der Waals surface area contributed by atoms with Gasteiger partial charge in [0.1, 0.15) is 5.78 Å². The zero-order chi connectivity index (χ0) is 24.1. The van der Waals surface area contributed by atoms with Gasteiger partial charge in [0.25, 0.3) is 0 Å². The smallest absolute Gasteiger partial charge is 0.187 e. The summed E-state index contributed by atoms with van der Waals surface area (Å²) >= 11 is 0. The normalized spacial score (nSPS) is 14.3. The Kier molecular flexibility index (Phi) is 7.59. The summed E-state index contributed by atoms with van der Waals surface area (Å²) in [6.45, 7) is 13.7. The number of nitrogens with zero attached hydrogens (tertiary/aromatic N) is 3. The van der Waals surface area contributed by atoms with Crippen LogP contribution in [0, 0.1) is 13.5 Å². The van der Waals surface area contributed by atoms with Gasteiger partial charge in [-0.1, -0.05) is 37.6 Å². The van der Waals surface area contributed by atoms with Crippen LogP contribution < -0.4 is 0 Å². The van der Waals surface area contributed by atoms with E-state index in [2.05, 4.69) is 32.5 Å². The lowest BCUT2D eigenvalue weighted by Gasteiger charge is -2.25. The Morgan fingerprint density at radius 1 is 1.00 bits per heavy atom. The van der Waals surface area contributed by atoms with Crippen molar-refractivity contribution >= 4 is 28.2 Å². The van der Waals surface area contributed by atoms with Crippen molar-refractivity contribution in [3.8, 4) is 5.69 Å². The zero-order valence-corrected chi connectivity index (χ0v) is 20.3. The van der Waals surface area contributed by atoms with E-state index in [1.54, 1.807) is 0 Å². The first kappa shape index (κ1) is 23.9. The lowest BCUT2D eigenvalue weighted by atomic mass is 10.0. The Balaban J connectivity index is 1.75. The molecule has 3 aromatic rings. The van der Waals surface area contributed by atoms with Crippen LogP contribution in [0.5, 0.6) is 0 Å². The van der Waals surface area contributed by atoms with Crippen LogP contribution in [0.25, 0.3) is 21.4 Å². The first-order valence-corrected chi connectivity index (χ1v) is 12.4. The van der Waals surface area contributed by atoms with Crippen LogP contribution in [0.1, 0.15) is 67.1 Å². The largest absolute Gasteiger partial charge is 0.313 e. The van der Waals surface area contributed by atoms with Gasteiger partial charge in [0.15, 0.2) is 11.5 Å². The van der Waals surface area contributed by atoms with E-state index in [0.29, 0.717) is 37.3 Å². The van der Waals surface area contributed by atoms with Crippen molar-refractivity contribution in [1.82, 2.24) is 9.47 Å². The number of aromatic nitrogens is 1. The molecule has 0 spiro atoms. The van der Waals surface area contributed by atoms with Gasteiger partial charge in [0.05, 0.1) is 18.6 Å². The van der Waals surface area contributed by atoms with Crippen molar-refractivity contribution in [2.24, 2.45) is 0 Å². The molecule has 2 aromatic carbocycles. The molecule has 0 aliphatic carbocycles. The van der Waals surface area contributed by atoms with Crippen LogP contribution in [0.2, 0.25) is 0 Å². The minimum absolute atomic E-state index is 0.159. The molecule has 0 bridgehead atoms. The van der Waals surface area contributed by atoms with Gasteiger partial charge in [-0.2, -0.15) is 0 Å². The molecule has 34 heavy (non-hydrogen) atoms. The van der Waals surface area contributed by atoms with Crippen molar-refractivity contribution in [3.63, 3.8) is 0 Å². The Morgan fingerprint density at radius 2 is 1.74 bits per heavy atom.